The van der Waals surface area contributed by atoms with Crippen molar-refractivity contribution in [2.75, 3.05) is 0 Å². The van der Waals surface area contributed by atoms with Gasteiger partial charge in [0.15, 0.2) is 5.76 Å². The minimum Gasteiger partial charge on any atom is -0.359 e. The minimum atomic E-state index is -0.565. The number of halogens is 2. The minimum absolute atomic E-state index is 0.0133. The number of carbonyl (C=O) groups excluding carboxylic acids is 1. The lowest BCUT2D eigenvalue weighted by Crippen LogP contribution is -2.23. The smallest absolute Gasteiger partial charge is 0.254 e. The molecule has 0 unspecified atom stereocenters. The van der Waals surface area contributed by atoms with Crippen LogP contribution in [0.5, 0.6) is 0 Å². The molecule has 0 aliphatic heterocycles. The molecule has 0 saturated heterocycles. The number of nitrogens with one attached hydrogen (secondary N) is 1. The zero-order chi connectivity index (χ0) is 13.1. The molecule has 1 amide bonds. The molecule has 0 saturated carbocycles. The summed E-state index contributed by atoms with van der Waals surface area (Å²) in [7, 11) is 0. The number of hydrogen-bond acceptors (Lipinski definition) is 3. The molecule has 18 heavy (non-hydrogen) atoms. The van der Waals surface area contributed by atoms with Crippen molar-refractivity contribution in [1.82, 2.24) is 10.5 Å². The summed E-state index contributed by atoms with van der Waals surface area (Å²) < 4.78 is 19.0. The third-order valence-corrected chi connectivity index (χ3v) is 2.77. The highest BCUT2D eigenvalue weighted by molar-refractivity contribution is 9.10. The summed E-state index contributed by atoms with van der Waals surface area (Å²) in [5.41, 5.74) is 0.716. The normalized spacial score (nSPS) is 10.4. The number of benzene rings is 1. The van der Waals surface area contributed by atoms with Gasteiger partial charge >= 0.3 is 0 Å². The van der Waals surface area contributed by atoms with Gasteiger partial charge in [-0.05, 0) is 25.1 Å². The molecular weight excluding hydrogens is 303 g/mol. The first-order chi connectivity index (χ1) is 8.56. The van der Waals surface area contributed by atoms with Crippen LogP contribution in [0.2, 0.25) is 0 Å². The summed E-state index contributed by atoms with van der Waals surface area (Å²) >= 11 is 3.19. The van der Waals surface area contributed by atoms with E-state index in [0.29, 0.717) is 10.2 Å². The van der Waals surface area contributed by atoms with Gasteiger partial charge in [0.2, 0.25) is 0 Å². The van der Waals surface area contributed by atoms with Crippen molar-refractivity contribution in [3.63, 3.8) is 0 Å². The molecule has 0 radical (unpaired) electrons. The van der Waals surface area contributed by atoms with Gasteiger partial charge in [-0.2, -0.15) is 0 Å². The Labute approximate surface area is 111 Å². The van der Waals surface area contributed by atoms with E-state index in [2.05, 4.69) is 26.4 Å². The van der Waals surface area contributed by atoms with E-state index in [0.717, 1.165) is 5.69 Å². The molecular formula is C12H10BrFN2O2. The van der Waals surface area contributed by atoms with Crippen molar-refractivity contribution >= 4 is 21.8 Å². The van der Waals surface area contributed by atoms with E-state index in [9.17, 15) is 9.18 Å². The Morgan fingerprint density at radius 1 is 1.50 bits per heavy atom. The van der Waals surface area contributed by atoms with E-state index in [1.165, 1.54) is 18.2 Å². The Hall–Kier alpha value is -1.69. The number of rotatable bonds is 3. The Bertz CT molecular complexity index is 583. The highest BCUT2D eigenvalue weighted by atomic mass is 79.9. The molecule has 0 aliphatic rings. The van der Waals surface area contributed by atoms with Crippen molar-refractivity contribution in [3.05, 3.63) is 51.6 Å². The van der Waals surface area contributed by atoms with Crippen LogP contribution in [0.4, 0.5) is 4.39 Å². The molecule has 0 atom stereocenters. The van der Waals surface area contributed by atoms with Gasteiger partial charge in [0.25, 0.3) is 5.91 Å². The maximum absolute atomic E-state index is 13.4. The highest BCUT2D eigenvalue weighted by Gasteiger charge is 2.12. The van der Waals surface area contributed by atoms with Crippen LogP contribution in [0.1, 0.15) is 21.8 Å². The zero-order valence-electron chi connectivity index (χ0n) is 9.54. The van der Waals surface area contributed by atoms with Gasteiger partial charge in [-0.15, -0.1) is 0 Å². The van der Waals surface area contributed by atoms with Crippen LogP contribution < -0.4 is 5.32 Å². The van der Waals surface area contributed by atoms with Crippen LogP contribution in [-0.4, -0.2) is 11.1 Å². The van der Waals surface area contributed by atoms with E-state index >= 15 is 0 Å². The number of amides is 1. The molecule has 1 heterocycles. The summed E-state index contributed by atoms with van der Waals surface area (Å²) in [5, 5.41) is 6.25. The lowest BCUT2D eigenvalue weighted by Gasteiger charge is -2.04. The Kier molecular flexibility index (Phi) is 3.76. The van der Waals surface area contributed by atoms with Crippen molar-refractivity contribution < 1.29 is 13.7 Å². The summed E-state index contributed by atoms with van der Waals surface area (Å²) in [5.74, 6) is -0.538. The van der Waals surface area contributed by atoms with Crippen LogP contribution in [0.3, 0.4) is 0 Å². The molecule has 6 heteroatoms. The molecule has 4 nitrogen and oxygen atoms in total. The summed E-state index contributed by atoms with van der Waals surface area (Å²) in [6.45, 7) is 1.95. The lowest BCUT2D eigenvalue weighted by molar-refractivity contribution is 0.0943. The first-order valence-corrected chi connectivity index (χ1v) is 6.01. The van der Waals surface area contributed by atoms with E-state index in [4.69, 9.17) is 4.52 Å². The fraction of sp³-hybridized carbons (Fsp3) is 0.167. The Morgan fingerprint density at radius 2 is 2.28 bits per heavy atom. The van der Waals surface area contributed by atoms with Gasteiger partial charge in [0.05, 0.1) is 17.8 Å². The topological polar surface area (TPSA) is 55.1 Å². The lowest BCUT2D eigenvalue weighted by atomic mass is 10.2. The van der Waals surface area contributed by atoms with Crippen LogP contribution >= 0.6 is 15.9 Å². The summed E-state index contributed by atoms with van der Waals surface area (Å²) in [4.78, 5) is 11.8. The second kappa shape index (κ2) is 5.30. The molecule has 1 aromatic heterocycles. The number of aryl methyl sites for hydroxylation is 1. The van der Waals surface area contributed by atoms with Gasteiger partial charge in [0.1, 0.15) is 5.82 Å². The quantitative estimate of drug-likeness (QED) is 0.948. The van der Waals surface area contributed by atoms with Crippen LogP contribution in [0.25, 0.3) is 0 Å². The third-order valence-electron chi connectivity index (χ3n) is 2.27. The summed E-state index contributed by atoms with van der Waals surface area (Å²) in [6, 6.07) is 5.90. The predicted molar refractivity (Wildman–Crippen MR) is 66.5 cm³/mol. The summed E-state index contributed by atoms with van der Waals surface area (Å²) in [6.07, 6.45) is 0. The first kappa shape index (κ1) is 12.8. The Balaban J connectivity index is 2.05. The third kappa shape index (κ3) is 2.95. The van der Waals surface area contributed by atoms with E-state index in [1.807, 2.05) is 0 Å². The van der Waals surface area contributed by atoms with Crippen molar-refractivity contribution in [3.8, 4) is 0 Å². The van der Waals surface area contributed by atoms with E-state index < -0.39 is 11.7 Å². The second-order valence-corrected chi connectivity index (χ2v) is 4.66. The maximum atomic E-state index is 13.4. The average Bonchev–Trinajstić information content (AvgIpc) is 2.75. The monoisotopic (exact) mass is 312 g/mol. The molecule has 2 aromatic rings. The molecule has 0 aliphatic carbocycles. The number of nitrogens with zero attached hydrogens (tertiary/aromatic N) is 1. The fourth-order valence-corrected chi connectivity index (χ4v) is 1.79. The molecule has 1 aromatic carbocycles. The maximum Gasteiger partial charge on any atom is 0.254 e. The van der Waals surface area contributed by atoms with Crippen molar-refractivity contribution in [1.29, 1.82) is 0 Å². The largest absolute Gasteiger partial charge is 0.359 e. The SMILES string of the molecule is Cc1cc(CNC(=O)c2cc(Br)ccc2F)on1. The van der Waals surface area contributed by atoms with Gasteiger partial charge in [-0.25, -0.2) is 4.39 Å². The zero-order valence-corrected chi connectivity index (χ0v) is 11.1. The molecule has 2 rings (SSSR count). The molecule has 0 spiro atoms. The average molecular weight is 313 g/mol. The standard InChI is InChI=1S/C12H10BrFN2O2/c1-7-4-9(18-16-7)6-15-12(17)10-5-8(13)2-3-11(10)14/h2-5H,6H2,1H3,(H,15,17). The van der Waals surface area contributed by atoms with Crippen LogP contribution in [-0.2, 0) is 6.54 Å². The molecule has 1 N–H and O–H groups in total. The van der Waals surface area contributed by atoms with Crippen LogP contribution in [0, 0.1) is 12.7 Å². The van der Waals surface area contributed by atoms with E-state index in [-0.39, 0.29) is 12.1 Å². The van der Waals surface area contributed by atoms with Gasteiger partial charge in [-0.1, -0.05) is 21.1 Å². The second-order valence-electron chi connectivity index (χ2n) is 3.74. The van der Waals surface area contributed by atoms with Gasteiger partial charge < -0.3 is 9.84 Å². The number of hydrogen-bond donors (Lipinski definition) is 1. The van der Waals surface area contributed by atoms with E-state index in [1.54, 1.807) is 13.0 Å². The molecule has 94 valence electrons. The number of aromatic nitrogens is 1. The number of carbonyl (C=O) groups is 1. The van der Waals surface area contributed by atoms with Crippen molar-refractivity contribution in [2.45, 2.75) is 13.5 Å². The van der Waals surface area contributed by atoms with Crippen molar-refractivity contribution in [2.24, 2.45) is 0 Å². The Morgan fingerprint density at radius 3 is 2.94 bits per heavy atom. The highest BCUT2D eigenvalue weighted by Crippen LogP contribution is 2.15. The molecule has 0 fully saturated rings. The molecule has 0 bridgehead atoms. The van der Waals surface area contributed by atoms with Crippen LogP contribution in [0.15, 0.2) is 33.3 Å². The predicted octanol–water partition coefficient (Wildman–Crippen LogP) is 2.81. The van der Waals surface area contributed by atoms with Gasteiger partial charge in [-0.3, -0.25) is 4.79 Å². The van der Waals surface area contributed by atoms with Gasteiger partial charge in [0, 0.05) is 10.5 Å². The fourth-order valence-electron chi connectivity index (χ4n) is 1.43. The first-order valence-electron chi connectivity index (χ1n) is 5.21.